The predicted molar refractivity (Wildman–Crippen MR) is 67.9 cm³/mol. The lowest BCUT2D eigenvalue weighted by molar-refractivity contribution is 0.171. The van der Waals surface area contributed by atoms with Crippen LogP contribution in [0.3, 0.4) is 0 Å². The third-order valence-corrected chi connectivity index (χ3v) is 3.63. The van der Waals surface area contributed by atoms with E-state index in [9.17, 15) is 4.39 Å². The molecule has 0 amide bonds. The van der Waals surface area contributed by atoms with E-state index in [0.29, 0.717) is 12.0 Å². The molecule has 0 spiro atoms. The molecule has 0 saturated heterocycles. The molecule has 0 aromatic heterocycles. The van der Waals surface area contributed by atoms with Crippen LogP contribution in [0.1, 0.15) is 24.8 Å². The highest BCUT2D eigenvalue weighted by Crippen LogP contribution is 2.48. The number of aromatic hydroxyl groups is 1. The van der Waals surface area contributed by atoms with Crippen molar-refractivity contribution >= 4 is 0 Å². The molecule has 3 nitrogen and oxygen atoms in total. The Balaban J connectivity index is 1.76. The van der Waals surface area contributed by atoms with Crippen LogP contribution in [0.25, 0.3) is 0 Å². The molecule has 100 valence electrons. The number of rotatable bonds is 7. The topological polar surface area (TPSA) is 41.5 Å². The van der Waals surface area contributed by atoms with E-state index in [1.54, 1.807) is 13.2 Å². The Morgan fingerprint density at radius 1 is 1.44 bits per heavy atom. The number of ether oxygens (including phenoxy) is 1. The summed E-state index contributed by atoms with van der Waals surface area (Å²) in [6, 6.07) is 4.50. The van der Waals surface area contributed by atoms with E-state index < -0.39 is 5.82 Å². The van der Waals surface area contributed by atoms with Crippen molar-refractivity contribution in [2.75, 3.05) is 20.3 Å². The molecular weight excluding hydrogens is 233 g/mol. The molecule has 1 saturated carbocycles. The number of methoxy groups -OCH3 is 1. The van der Waals surface area contributed by atoms with Gasteiger partial charge in [0, 0.05) is 26.8 Å². The molecule has 0 radical (unpaired) electrons. The molecule has 1 aromatic rings. The van der Waals surface area contributed by atoms with Crippen LogP contribution in [0.4, 0.5) is 4.39 Å². The first-order valence-corrected chi connectivity index (χ1v) is 6.32. The summed E-state index contributed by atoms with van der Waals surface area (Å²) in [5, 5.41) is 12.5. The molecule has 0 heterocycles. The highest BCUT2D eigenvalue weighted by Gasteiger charge is 2.41. The normalized spacial score (nSPS) is 16.8. The molecule has 1 fully saturated rings. The van der Waals surface area contributed by atoms with Crippen LogP contribution in [0.15, 0.2) is 18.2 Å². The second-order valence-electron chi connectivity index (χ2n) is 5.13. The molecule has 0 bridgehead atoms. The van der Waals surface area contributed by atoms with Gasteiger partial charge in [-0.05, 0) is 42.4 Å². The van der Waals surface area contributed by atoms with Crippen LogP contribution in [0, 0.1) is 11.2 Å². The molecular formula is C14H20FNO2. The molecule has 2 N–H and O–H groups in total. The van der Waals surface area contributed by atoms with E-state index in [2.05, 4.69) is 5.32 Å². The lowest BCUT2D eigenvalue weighted by Gasteiger charge is -2.15. The Bertz CT molecular complexity index is 405. The summed E-state index contributed by atoms with van der Waals surface area (Å²) in [4.78, 5) is 0. The maximum absolute atomic E-state index is 13.1. The van der Waals surface area contributed by atoms with Crippen molar-refractivity contribution in [3.63, 3.8) is 0 Å². The van der Waals surface area contributed by atoms with Gasteiger partial charge in [-0.25, -0.2) is 4.39 Å². The molecule has 0 atom stereocenters. The Morgan fingerprint density at radius 2 is 2.22 bits per heavy atom. The Morgan fingerprint density at radius 3 is 2.83 bits per heavy atom. The fourth-order valence-electron chi connectivity index (χ4n) is 2.14. The van der Waals surface area contributed by atoms with Crippen LogP contribution >= 0.6 is 0 Å². The maximum atomic E-state index is 13.1. The minimum atomic E-state index is -0.560. The number of nitrogens with one attached hydrogen (secondary N) is 1. The smallest absolute Gasteiger partial charge is 0.165 e. The zero-order valence-electron chi connectivity index (χ0n) is 10.7. The average Bonchev–Trinajstić information content (AvgIpc) is 3.12. The summed E-state index contributed by atoms with van der Waals surface area (Å²) in [6.07, 6.45) is 3.57. The number of halogens is 1. The monoisotopic (exact) mass is 253 g/mol. The number of benzene rings is 1. The van der Waals surface area contributed by atoms with Gasteiger partial charge in [0.2, 0.25) is 0 Å². The van der Waals surface area contributed by atoms with Crippen LogP contribution in [0.2, 0.25) is 0 Å². The molecule has 0 unspecified atom stereocenters. The highest BCUT2D eigenvalue weighted by molar-refractivity contribution is 5.27. The minimum absolute atomic E-state index is 0.294. The standard InChI is InChI=1S/C14H20FNO2/c1-18-7-6-14(4-5-14)10-16-9-11-2-3-13(17)12(15)8-11/h2-3,8,16-17H,4-7,9-10H2,1H3. The van der Waals surface area contributed by atoms with Gasteiger partial charge in [0.1, 0.15) is 0 Å². The second kappa shape index (κ2) is 5.67. The summed E-state index contributed by atoms with van der Waals surface area (Å²) in [5.41, 5.74) is 1.25. The van der Waals surface area contributed by atoms with Crippen molar-refractivity contribution in [3.8, 4) is 5.75 Å². The number of hydrogen-bond acceptors (Lipinski definition) is 3. The van der Waals surface area contributed by atoms with Crippen molar-refractivity contribution in [2.45, 2.75) is 25.8 Å². The third-order valence-electron chi connectivity index (χ3n) is 3.63. The quantitative estimate of drug-likeness (QED) is 0.784. The highest BCUT2D eigenvalue weighted by atomic mass is 19.1. The van der Waals surface area contributed by atoms with Gasteiger partial charge in [-0.15, -0.1) is 0 Å². The summed E-state index contributed by atoms with van der Waals surface area (Å²) in [5.74, 6) is -0.854. The Kier molecular flexibility index (Phi) is 4.19. The van der Waals surface area contributed by atoms with E-state index in [1.807, 2.05) is 0 Å². The van der Waals surface area contributed by atoms with Gasteiger partial charge in [0.15, 0.2) is 11.6 Å². The molecule has 1 aromatic carbocycles. The zero-order valence-corrected chi connectivity index (χ0v) is 10.7. The second-order valence-corrected chi connectivity index (χ2v) is 5.13. The van der Waals surface area contributed by atoms with E-state index >= 15 is 0 Å². The van der Waals surface area contributed by atoms with Crippen LogP contribution in [0.5, 0.6) is 5.75 Å². The summed E-state index contributed by atoms with van der Waals surface area (Å²) >= 11 is 0. The zero-order chi connectivity index (χ0) is 13.0. The van der Waals surface area contributed by atoms with Crippen molar-refractivity contribution in [1.29, 1.82) is 0 Å². The largest absolute Gasteiger partial charge is 0.505 e. The molecule has 2 rings (SSSR count). The van der Waals surface area contributed by atoms with Gasteiger partial charge in [-0.1, -0.05) is 6.07 Å². The van der Waals surface area contributed by atoms with Crippen LogP contribution < -0.4 is 5.32 Å². The average molecular weight is 253 g/mol. The van der Waals surface area contributed by atoms with Gasteiger partial charge < -0.3 is 15.2 Å². The van der Waals surface area contributed by atoms with Crippen molar-refractivity contribution in [2.24, 2.45) is 5.41 Å². The van der Waals surface area contributed by atoms with E-state index in [4.69, 9.17) is 9.84 Å². The molecule has 18 heavy (non-hydrogen) atoms. The third kappa shape index (κ3) is 3.43. The first-order chi connectivity index (χ1) is 8.65. The van der Waals surface area contributed by atoms with Crippen LogP contribution in [-0.4, -0.2) is 25.4 Å². The fourth-order valence-corrected chi connectivity index (χ4v) is 2.14. The summed E-state index contributed by atoms with van der Waals surface area (Å²) < 4.78 is 18.2. The number of phenolic OH excluding ortho intramolecular Hbond substituents is 1. The lowest BCUT2D eigenvalue weighted by Crippen LogP contribution is -2.24. The molecule has 0 aliphatic heterocycles. The first-order valence-electron chi connectivity index (χ1n) is 6.32. The first kappa shape index (κ1) is 13.3. The van der Waals surface area contributed by atoms with Crippen LogP contribution in [-0.2, 0) is 11.3 Å². The fraction of sp³-hybridized carbons (Fsp3) is 0.571. The minimum Gasteiger partial charge on any atom is -0.505 e. The van der Waals surface area contributed by atoms with Gasteiger partial charge in [-0.3, -0.25) is 0 Å². The number of hydrogen-bond donors (Lipinski definition) is 2. The maximum Gasteiger partial charge on any atom is 0.165 e. The molecule has 4 heteroatoms. The molecule has 1 aliphatic carbocycles. The van der Waals surface area contributed by atoms with Gasteiger partial charge in [0.05, 0.1) is 0 Å². The Hall–Kier alpha value is -1.13. The van der Waals surface area contributed by atoms with E-state index in [0.717, 1.165) is 25.1 Å². The summed E-state index contributed by atoms with van der Waals surface area (Å²) in [6.45, 7) is 2.38. The van der Waals surface area contributed by atoms with Gasteiger partial charge in [-0.2, -0.15) is 0 Å². The predicted octanol–water partition coefficient (Wildman–Crippen LogP) is 2.44. The van der Waals surface area contributed by atoms with Crippen molar-refractivity contribution < 1.29 is 14.2 Å². The Labute approximate surface area is 107 Å². The van der Waals surface area contributed by atoms with E-state index in [1.165, 1.54) is 25.0 Å². The SMILES string of the molecule is COCCC1(CNCc2ccc(O)c(F)c2)CC1. The van der Waals surface area contributed by atoms with Gasteiger partial charge >= 0.3 is 0 Å². The summed E-state index contributed by atoms with van der Waals surface area (Å²) in [7, 11) is 1.72. The van der Waals surface area contributed by atoms with Crippen molar-refractivity contribution in [3.05, 3.63) is 29.6 Å². The van der Waals surface area contributed by atoms with Crippen molar-refractivity contribution in [1.82, 2.24) is 5.32 Å². The lowest BCUT2D eigenvalue weighted by atomic mass is 10.0. The molecule has 1 aliphatic rings. The van der Waals surface area contributed by atoms with Gasteiger partial charge in [0.25, 0.3) is 0 Å². The number of phenols is 1. The van der Waals surface area contributed by atoms with E-state index in [-0.39, 0.29) is 5.75 Å².